The number of sulfonamides is 1. The molecule has 0 saturated carbocycles. The van der Waals surface area contributed by atoms with Gasteiger partial charge in [0.05, 0.1) is 4.90 Å². The third-order valence-electron chi connectivity index (χ3n) is 3.53. The minimum Gasteiger partial charge on any atom is -0.348 e. The number of rotatable bonds is 6. The molecule has 1 aromatic carbocycles. The van der Waals surface area contributed by atoms with Crippen LogP contribution in [0.4, 0.5) is 5.69 Å². The maximum atomic E-state index is 12.3. The van der Waals surface area contributed by atoms with Crippen LogP contribution in [0.3, 0.4) is 0 Å². The normalized spacial score (nSPS) is 11.4. The molecule has 0 spiro atoms. The lowest BCUT2D eigenvalue weighted by Gasteiger charge is -2.11. The molecule has 0 saturated heterocycles. The average molecular weight is 335 g/mol. The van der Waals surface area contributed by atoms with Gasteiger partial charge in [0.15, 0.2) is 0 Å². The number of carbonyl (C=O) groups excluding carboxylic acids is 1. The van der Waals surface area contributed by atoms with Crippen molar-refractivity contribution in [1.29, 1.82) is 0 Å². The van der Waals surface area contributed by atoms with E-state index in [1.807, 2.05) is 26.0 Å². The Bertz CT molecular complexity index is 773. The van der Waals surface area contributed by atoms with Gasteiger partial charge in [0.25, 0.3) is 0 Å². The van der Waals surface area contributed by atoms with E-state index >= 15 is 0 Å². The maximum absolute atomic E-state index is 12.3. The highest BCUT2D eigenvalue weighted by Gasteiger charge is 2.13. The van der Waals surface area contributed by atoms with Crippen LogP contribution < -0.4 is 10.0 Å². The molecule has 23 heavy (non-hydrogen) atoms. The SMILES string of the molecule is CC(=O)Nc1ccc(S(=O)(=O)NCCn2c(C)ccc2C)cc1. The Morgan fingerprint density at radius 2 is 1.61 bits per heavy atom. The molecule has 2 N–H and O–H groups in total. The summed E-state index contributed by atoms with van der Waals surface area (Å²) in [7, 11) is -3.56. The van der Waals surface area contributed by atoms with Crippen molar-refractivity contribution in [2.45, 2.75) is 32.2 Å². The van der Waals surface area contributed by atoms with Gasteiger partial charge in [0, 0.05) is 37.1 Å². The molecule has 2 aromatic rings. The van der Waals surface area contributed by atoms with Gasteiger partial charge in [-0.15, -0.1) is 0 Å². The number of amides is 1. The Morgan fingerprint density at radius 3 is 2.13 bits per heavy atom. The molecule has 0 bridgehead atoms. The number of aromatic nitrogens is 1. The van der Waals surface area contributed by atoms with Gasteiger partial charge in [0.1, 0.15) is 0 Å². The van der Waals surface area contributed by atoms with Gasteiger partial charge in [-0.3, -0.25) is 4.79 Å². The fourth-order valence-electron chi connectivity index (χ4n) is 2.35. The number of aryl methyl sites for hydroxylation is 2. The lowest BCUT2D eigenvalue weighted by atomic mass is 10.3. The average Bonchev–Trinajstić information content (AvgIpc) is 2.79. The first-order valence-electron chi connectivity index (χ1n) is 7.29. The molecule has 0 radical (unpaired) electrons. The van der Waals surface area contributed by atoms with Crippen molar-refractivity contribution in [2.24, 2.45) is 0 Å². The molecule has 1 aromatic heterocycles. The second-order valence-electron chi connectivity index (χ2n) is 5.37. The third-order valence-corrected chi connectivity index (χ3v) is 5.01. The van der Waals surface area contributed by atoms with Crippen LogP contribution in [0.5, 0.6) is 0 Å². The summed E-state index contributed by atoms with van der Waals surface area (Å²) >= 11 is 0. The van der Waals surface area contributed by atoms with Crippen molar-refractivity contribution in [2.75, 3.05) is 11.9 Å². The zero-order chi connectivity index (χ0) is 17.0. The molecule has 0 atom stereocenters. The van der Waals surface area contributed by atoms with E-state index in [0.29, 0.717) is 18.8 Å². The Kier molecular flexibility index (Phi) is 5.23. The predicted molar refractivity (Wildman–Crippen MR) is 89.8 cm³/mol. The van der Waals surface area contributed by atoms with Gasteiger partial charge in [-0.1, -0.05) is 0 Å². The summed E-state index contributed by atoms with van der Waals surface area (Å²) in [6.45, 7) is 6.27. The van der Waals surface area contributed by atoms with E-state index in [1.54, 1.807) is 12.1 Å². The standard InChI is InChI=1S/C16H21N3O3S/c1-12-4-5-13(2)19(12)11-10-17-23(21,22)16-8-6-15(7-9-16)18-14(3)20/h4-9,17H,10-11H2,1-3H3,(H,18,20). The highest BCUT2D eigenvalue weighted by Crippen LogP contribution is 2.14. The molecule has 0 fully saturated rings. The van der Waals surface area contributed by atoms with Crippen molar-refractivity contribution >= 4 is 21.6 Å². The fourth-order valence-corrected chi connectivity index (χ4v) is 3.37. The van der Waals surface area contributed by atoms with E-state index < -0.39 is 10.0 Å². The Labute approximate surface area is 136 Å². The van der Waals surface area contributed by atoms with E-state index in [1.165, 1.54) is 19.1 Å². The van der Waals surface area contributed by atoms with Gasteiger partial charge >= 0.3 is 0 Å². The highest BCUT2D eigenvalue weighted by atomic mass is 32.2. The molecule has 6 nitrogen and oxygen atoms in total. The first kappa shape index (κ1) is 17.2. The van der Waals surface area contributed by atoms with Crippen LogP contribution in [0, 0.1) is 13.8 Å². The largest absolute Gasteiger partial charge is 0.348 e. The molecular formula is C16H21N3O3S. The smallest absolute Gasteiger partial charge is 0.240 e. The van der Waals surface area contributed by atoms with Crippen molar-refractivity contribution < 1.29 is 13.2 Å². The molecule has 2 rings (SSSR count). The van der Waals surface area contributed by atoms with Crippen LogP contribution in [0.1, 0.15) is 18.3 Å². The number of nitrogens with zero attached hydrogens (tertiary/aromatic N) is 1. The van der Waals surface area contributed by atoms with Gasteiger partial charge in [0.2, 0.25) is 15.9 Å². The molecule has 0 aliphatic carbocycles. The zero-order valence-electron chi connectivity index (χ0n) is 13.5. The molecule has 0 aliphatic heterocycles. The van der Waals surface area contributed by atoms with E-state index in [0.717, 1.165) is 11.4 Å². The molecule has 1 heterocycles. The highest BCUT2D eigenvalue weighted by molar-refractivity contribution is 7.89. The Hall–Kier alpha value is -2.12. The molecular weight excluding hydrogens is 314 g/mol. The fraction of sp³-hybridized carbons (Fsp3) is 0.312. The number of benzene rings is 1. The van der Waals surface area contributed by atoms with E-state index in [2.05, 4.69) is 14.6 Å². The summed E-state index contributed by atoms with van der Waals surface area (Å²) < 4.78 is 29.2. The van der Waals surface area contributed by atoms with Crippen LogP contribution >= 0.6 is 0 Å². The van der Waals surface area contributed by atoms with E-state index in [-0.39, 0.29) is 10.8 Å². The second-order valence-corrected chi connectivity index (χ2v) is 7.14. The van der Waals surface area contributed by atoms with Gasteiger partial charge < -0.3 is 9.88 Å². The summed E-state index contributed by atoms with van der Waals surface area (Å²) in [6.07, 6.45) is 0. The molecule has 0 aliphatic rings. The van der Waals surface area contributed by atoms with E-state index in [9.17, 15) is 13.2 Å². The minimum atomic E-state index is -3.56. The van der Waals surface area contributed by atoms with Crippen LogP contribution in [0.25, 0.3) is 0 Å². The lowest BCUT2D eigenvalue weighted by Crippen LogP contribution is -2.27. The van der Waals surface area contributed by atoms with Crippen LogP contribution in [0.2, 0.25) is 0 Å². The summed E-state index contributed by atoms with van der Waals surface area (Å²) in [6, 6.07) is 10.1. The summed E-state index contributed by atoms with van der Waals surface area (Å²) in [5, 5.41) is 2.60. The predicted octanol–water partition coefficient (Wildman–Crippen LogP) is 2.04. The number of anilines is 1. The maximum Gasteiger partial charge on any atom is 0.240 e. The molecule has 1 amide bonds. The number of hydrogen-bond acceptors (Lipinski definition) is 3. The van der Waals surface area contributed by atoms with Crippen molar-refractivity contribution in [3.05, 3.63) is 47.8 Å². The quantitative estimate of drug-likeness (QED) is 0.848. The molecule has 124 valence electrons. The van der Waals surface area contributed by atoms with Crippen LogP contribution in [0.15, 0.2) is 41.3 Å². The van der Waals surface area contributed by atoms with Crippen LogP contribution in [-0.2, 0) is 21.4 Å². The van der Waals surface area contributed by atoms with E-state index in [4.69, 9.17) is 0 Å². The third kappa shape index (κ3) is 4.43. The first-order valence-corrected chi connectivity index (χ1v) is 8.78. The zero-order valence-corrected chi connectivity index (χ0v) is 14.3. The van der Waals surface area contributed by atoms with Crippen molar-refractivity contribution in [1.82, 2.24) is 9.29 Å². The summed E-state index contributed by atoms with van der Waals surface area (Å²) in [4.78, 5) is 11.1. The Morgan fingerprint density at radius 1 is 1.04 bits per heavy atom. The second kappa shape index (κ2) is 6.97. The first-order chi connectivity index (χ1) is 10.8. The number of hydrogen-bond donors (Lipinski definition) is 2. The van der Waals surface area contributed by atoms with Crippen molar-refractivity contribution in [3.63, 3.8) is 0 Å². The number of carbonyl (C=O) groups is 1. The lowest BCUT2D eigenvalue weighted by molar-refractivity contribution is -0.114. The van der Waals surface area contributed by atoms with Gasteiger partial charge in [-0.05, 0) is 50.2 Å². The van der Waals surface area contributed by atoms with Gasteiger partial charge in [-0.25, -0.2) is 13.1 Å². The molecule has 0 unspecified atom stereocenters. The minimum absolute atomic E-state index is 0.174. The molecule has 7 heteroatoms. The number of nitrogens with one attached hydrogen (secondary N) is 2. The van der Waals surface area contributed by atoms with Gasteiger partial charge in [-0.2, -0.15) is 0 Å². The van der Waals surface area contributed by atoms with Crippen LogP contribution in [-0.4, -0.2) is 25.4 Å². The Balaban J connectivity index is 2.00. The summed E-state index contributed by atoms with van der Waals surface area (Å²) in [5.74, 6) is -0.198. The summed E-state index contributed by atoms with van der Waals surface area (Å²) in [5.41, 5.74) is 2.76. The topological polar surface area (TPSA) is 80.2 Å². The van der Waals surface area contributed by atoms with Crippen molar-refractivity contribution in [3.8, 4) is 0 Å². The monoisotopic (exact) mass is 335 g/mol.